The molecule has 0 aromatic heterocycles. The summed E-state index contributed by atoms with van der Waals surface area (Å²) in [6.45, 7) is 2.78. The minimum Gasteiger partial charge on any atom is -0.493 e. The highest BCUT2D eigenvalue weighted by atomic mass is 32.2. The van der Waals surface area contributed by atoms with E-state index in [9.17, 15) is 4.79 Å². The molecule has 1 aliphatic rings. The van der Waals surface area contributed by atoms with Gasteiger partial charge in [-0.2, -0.15) is 0 Å². The fourth-order valence-corrected chi connectivity index (χ4v) is 5.60. The summed E-state index contributed by atoms with van der Waals surface area (Å²) < 4.78 is 17.1. The van der Waals surface area contributed by atoms with Crippen LogP contribution >= 0.6 is 23.5 Å². The van der Waals surface area contributed by atoms with Crippen LogP contribution in [0.2, 0.25) is 0 Å². The predicted molar refractivity (Wildman–Crippen MR) is 116 cm³/mol. The van der Waals surface area contributed by atoms with Crippen LogP contribution in [0.4, 0.5) is 0 Å². The molecule has 1 fully saturated rings. The maximum atomic E-state index is 12.0. The van der Waals surface area contributed by atoms with Gasteiger partial charge in [0.15, 0.2) is 18.1 Å². The summed E-state index contributed by atoms with van der Waals surface area (Å²) in [6, 6.07) is 13.7. The van der Waals surface area contributed by atoms with E-state index in [2.05, 4.69) is 5.32 Å². The minimum absolute atomic E-state index is 0.0624. The van der Waals surface area contributed by atoms with E-state index in [0.29, 0.717) is 29.2 Å². The van der Waals surface area contributed by atoms with Crippen LogP contribution < -0.4 is 19.5 Å². The number of hydrogen-bond acceptors (Lipinski definition) is 6. The molecule has 150 valence electrons. The van der Waals surface area contributed by atoms with Crippen molar-refractivity contribution in [3.63, 3.8) is 0 Å². The molecule has 0 aliphatic carbocycles. The van der Waals surface area contributed by atoms with Crippen molar-refractivity contribution in [1.82, 2.24) is 5.32 Å². The van der Waals surface area contributed by atoms with E-state index in [1.807, 2.05) is 72.9 Å². The molecule has 2 aromatic carbocycles. The summed E-state index contributed by atoms with van der Waals surface area (Å²) in [6.07, 6.45) is 0. The van der Waals surface area contributed by atoms with Crippen LogP contribution in [0.25, 0.3) is 0 Å². The number of hydrogen-bond donors (Lipinski definition) is 1. The lowest BCUT2D eigenvalue weighted by Gasteiger charge is -2.14. The number of thioether (sulfide) groups is 2. The van der Waals surface area contributed by atoms with Gasteiger partial charge in [0, 0.05) is 11.5 Å². The number of methoxy groups -OCH3 is 1. The van der Waals surface area contributed by atoms with E-state index in [-0.39, 0.29) is 12.5 Å². The van der Waals surface area contributed by atoms with Gasteiger partial charge in [-0.1, -0.05) is 18.2 Å². The monoisotopic (exact) mass is 419 g/mol. The van der Waals surface area contributed by atoms with Crippen molar-refractivity contribution < 1.29 is 19.0 Å². The second-order valence-electron chi connectivity index (χ2n) is 6.29. The maximum absolute atomic E-state index is 12.0. The highest BCUT2D eigenvalue weighted by molar-refractivity contribution is 8.19. The molecule has 0 bridgehead atoms. The molecule has 1 aliphatic heterocycles. The summed E-state index contributed by atoms with van der Waals surface area (Å²) in [7, 11) is 1.61. The molecule has 3 rings (SSSR count). The van der Waals surface area contributed by atoms with Crippen molar-refractivity contribution in [1.29, 1.82) is 0 Å². The van der Waals surface area contributed by atoms with E-state index >= 15 is 0 Å². The normalized spacial score (nSPS) is 13.9. The molecule has 0 radical (unpaired) electrons. The Labute approximate surface area is 174 Å². The van der Waals surface area contributed by atoms with Crippen LogP contribution in [0.3, 0.4) is 0 Å². The van der Waals surface area contributed by atoms with Gasteiger partial charge >= 0.3 is 0 Å². The third kappa shape index (κ3) is 6.01. The zero-order valence-electron chi connectivity index (χ0n) is 16.1. The molecule has 1 amide bonds. The fraction of sp³-hybridized carbons (Fsp3) is 0.381. The van der Waals surface area contributed by atoms with E-state index in [1.165, 1.54) is 17.1 Å². The van der Waals surface area contributed by atoms with E-state index in [4.69, 9.17) is 14.2 Å². The second kappa shape index (κ2) is 10.5. The zero-order chi connectivity index (χ0) is 19.8. The first-order valence-electron chi connectivity index (χ1n) is 9.16. The predicted octanol–water partition coefficient (Wildman–Crippen LogP) is 4.06. The number of carbonyl (C=O) groups is 1. The van der Waals surface area contributed by atoms with E-state index < -0.39 is 0 Å². The topological polar surface area (TPSA) is 56.8 Å². The molecule has 0 spiro atoms. The Morgan fingerprint density at radius 3 is 2.68 bits per heavy atom. The summed E-state index contributed by atoms with van der Waals surface area (Å²) in [5.41, 5.74) is 2.36. The van der Waals surface area contributed by atoms with Crippen LogP contribution in [0.1, 0.15) is 15.7 Å². The number of benzene rings is 2. The number of nitrogens with one attached hydrogen (secondary N) is 1. The van der Waals surface area contributed by atoms with Crippen LogP contribution in [0.5, 0.6) is 17.2 Å². The molecule has 1 heterocycles. The Bertz CT molecular complexity index is 794. The van der Waals surface area contributed by atoms with Crippen molar-refractivity contribution in [2.75, 3.05) is 38.4 Å². The minimum atomic E-state index is -0.194. The average Bonchev–Trinajstić information content (AvgIpc) is 3.24. The maximum Gasteiger partial charge on any atom is 0.258 e. The second-order valence-corrected chi connectivity index (χ2v) is 9.01. The van der Waals surface area contributed by atoms with Gasteiger partial charge in [0.1, 0.15) is 12.4 Å². The lowest BCUT2D eigenvalue weighted by atomic mass is 10.2. The molecule has 1 N–H and O–H groups in total. The molecular formula is C21H25NO4S2. The number of amides is 1. The molecule has 5 nitrogen and oxygen atoms in total. The average molecular weight is 420 g/mol. The molecule has 1 saturated heterocycles. The molecule has 28 heavy (non-hydrogen) atoms. The van der Waals surface area contributed by atoms with Crippen LogP contribution in [-0.4, -0.2) is 44.3 Å². The smallest absolute Gasteiger partial charge is 0.258 e. The fourth-order valence-electron chi connectivity index (χ4n) is 2.76. The lowest BCUT2D eigenvalue weighted by molar-refractivity contribution is -0.123. The van der Waals surface area contributed by atoms with Gasteiger partial charge < -0.3 is 19.5 Å². The van der Waals surface area contributed by atoms with Crippen LogP contribution in [0.15, 0.2) is 42.5 Å². The van der Waals surface area contributed by atoms with Gasteiger partial charge in [0.05, 0.1) is 18.2 Å². The highest BCUT2D eigenvalue weighted by Gasteiger charge is 2.20. The summed E-state index contributed by atoms with van der Waals surface area (Å²) in [4.78, 5) is 12.0. The molecule has 0 saturated carbocycles. The van der Waals surface area contributed by atoms with Crippen molar-refractivity contribution in [3.05, 3.63) is 53.6 Å². The molecule has 0 atom stereocenters. The Kier molecular flexibility index (Phi) is 7.80. The molecule has 2 aromatic rings. The number of ether oxygens (including phenoxy) is 3. The standard InChI is InChI=1S/C21H25NO4S2/c1-15-4-3-5-17(12-15)25-9-8-22-20(23)14-26-18-7-6-16(13-19(18)24-2)21-27-10-11-28-21/h3-7,12-13,21H,8-11,14H2,1-2H3,(H,22,23). The van der Waals surface area contributed by atoms with Gasteiger partial charge in [0.25, 0.3) is 5.91 Å². The number of rotatable bonds is 9. The summed E-state index contributed by atoms with van der Waals surface area (Å²) >= 11 is 3.88. The van der Waals surface area contributed by atoms with Crippen molar-refractivity contribution in [2.45, 2.75) is 11.5 Å². The van der Waals surface area contributed by atoms with Crippen LogP contribution in [-0.2, 0) is 4.79 Å². The van der Waals surface area contributed by atoms with Gasteiger partial charge in [-0.15, -0.1) is 23.5 Å². The summed E-state index contributed by atoms with van der Waals surface area (Å²) in [5.74, 6) is 4.18. The highest BCUT2D eigenvalue weighted by Crippen LogP contribution is 2.46. The largest absolute Gasteiger partial charge is 0.493 e. The van der Waals surface area contributed by atoms with Gasteiger partial charge in [0.2, 0.25) is 0 Å². The lowest BCUT2D eigenvalue weighted by Crippen LogP contribution is -2.32. The van der Waals surface area contributed by atoms with Gasteiger partial charge in [-0.3, -0.25) is 4.79 Å². The third-order valence-electron chi connectivity index (χ3n) is 4.12. The van der Waals surface area contributed by atoms with Gasteiger partial charge in [-0.05, 0) is 42.3 Å². The van der Waals surface area contributed by atoms with E-state index in [1.54, 1.807) is 7.11 Å². The first-order chi connectivity index (χ1) is 13.7. The third-order valence-corrected chi connectivity index (χ3v) is 7.23. The molecule has 0 unspecified atom stereocenters. The zero-order valence-corrected chi connectivity index (χ0v) is 17.7. The van der Waals surface area contributed by atoms with Crippen molar-refractivity contribution >= 4 is 29.4 Å². The Morgan fingerprint density at radius 2 is 1.93 bits per heavy atom. The number of aryl methyl sites for hydroxylation is 1. The number of carbonyl (C=O) groups excluding carboxylic acids is 1. The molecule has 7 heteroatoms. The summed E-state index contributed by atoms with van der Waals surface area (Å²) in [5, 5.41) is 2.79. The SMILES string of the molecule is COc1cc(C2SCCS2)ccc1OCC(=O)NCCOc1cccc(C)c1. The Balaban J connectivity index is 1.42. The van der Waals surface area contributed by atoms with Crippen molar-refractivity contribution in [2.24, 2.45) is 0 Å². The van der Waals surface area contributed by atoms with Crippen LogP contribution in [0, 0.1) is 6.92 Å². The van der Waals surface area contributed by atoms with Gasteiger partial charge in [-0.25, -0.2) is 0 Å². The Morgan fingerprint density at radius 1 is 1.11 bits per heavy atom. The quantitative estimate of drug-likeness (QED) is 0.619. The van der Waals surface area contributed by atoms with Crippen molar-refractivity contribution in [3.8, 4) is 17.2 Å². The Hall–Kier alpha value is -1.99. The first-order valence-corrected chi connectivity index (χ1v) is 11.3. The molecular weight excluding hydrogens is 394 g/mol. The van der Waals surface area contributed by atoms with E-state index in [0.717, 1.165) is 11.3 Å². The first kappa shape index (κ1) is 20.7.